The third-order valence-electron chi connectivity index (χ3n) is 6.38. The summed E-state index contributed by atoms with van der Waals surface area (Å²) in [7, 11) is -4.72. The van der Waals surface area contributed by atoms with Crippen molar-refractivity contribution in [3.05, 3.63) is 60.8 Å². The largest absolute Gasteiger partial charge is 0.480 e. The van der Waals surface area contributed by atoms with Crippen LogP contribution in [0.5, 0.6) is 0 Å². The van der Waals surface area contributed by atoms with Gasteiger partial charge in [0.1, 0.15) is 12.7 Å². The number of carboxylic acid groups (broad SMARTS) is 1. The van der Waals surface area contributed by atoms with E-state index in [0.717, 1.165) is 84.0 Å². The molecule has 0 aromatic carbocycles. The van der Waals surface area contributed by atoms with Crippen molar-refractivity contribution in [1.29, 1.82) is 0 Å². The topological polar surface area (TPSA) is 169 Å². The van der Waals surface area contributed by atoms with Gasteiger partial charge in [-0.25, -0.2) is 9.36 Å². The molecule has 0 saturated heterocycles. The highest BCUT2D eigenvalue weighted by Gasteiger charge is 2.28. The molecule has 0 saturated carbocycles. The number of hydrogen-bond donors (Lipinski definition) is 4. The lowest BCUT2D eigenvalue weighted by molar-refractivity contribution is -0.144. The highest BCUT2D eigenvalue weighted by atomic mass is 31.2. The summed E-state index contributed by atoms with van der Waals surface area (Å²) in [6.45, 7) is 1.32. The average molecular weight is 670 g/mol. The van der Waals surface area contributed by atoms with E-state index in [1.54, 1.807) is 0 Å². The summed E-state index contributed by atoms with van der Waals surface area (Å²) in [6, 6.07) is -1.55. The molecule has 0 aliphatic rings. The van der Waals surface area contributed by atoms with Gasteiger partial charge in [-0.1, -0.05) is 99.8 Å². The Morgan fingerprint density at radius 1 is 0.717 bits per heavy atom. The van der Waals surface area contributed by atoms with Gasteiger partial charge in [-0.05, 0) is 51.4 Å². The molecule has 1 amide bonds. The van der Waals surface area contributed by atoms with E-state index < -0.39 is 57.6 Å². The lowest BCUT2D eigenvalue weighted by atomic mass is 10.1. The number of carboxylic acids is 1. The molecule has 0 rings (SSSR count). The molecule has 46 heavy (non-hydrogen) atoms. The SMILES string of the molecule is CC/C=C\C/C=C\C/C=C\C/C=C\C/C=C\CCCCCCCCCC(=O)NC(COP(=O)(O)OCC(O)COC(C)=O)C(=O)O. The van der Waals surface area contributed by atoms with E-state index in [4.69, 9.17) is 0 Å². The molecule has 0 aliphatic carbocycles. The van der Waals surface area contributed by atoms with Gasteiger partial charge in [0, 0.05) is 13.3 Å². The molecule has 0 aromatic heterocycles. The van der Waals surface area contributed by atoms with Crippen LogP contribution in [0, 0.1) is 0 Å². The molecule has 0 radical (unpaired) electrons. The summed E-state index contributed by atoms with van der Waals surface area (Å²) < 4.78 is 25.7. The smallest absolute Gasteiger partial charge is 0.472 e. The lowest BCUT2D eigenvalue weighted by Crippen LogP contribution is -2.43. The number of carbonyl (C=O) groups excluding carboxylic acids is 2. The second kappa shape index (κ2) is 29.6. The predicted octanol–water partition coefficient (Wildman–Crippen LogP) is 6.88. The van der Waals surface area contributed by atoms with Crippen molar-refractivity contribution in [2.24, 2.45) is 0 Å². The van der Waals surface area contributed by atoms with Crippen LogP contribution >= 0.6 is 7.82 Å². The van der Waals surface area contributed by atoms with Gasteiger partial charge < -0.3 is 25.2 Å². The Bertz CT molecular complexity index is 1020. The van der Waals surface area contributed by atoms with Crippen LogP contribution in [0.3, 0.4) is 0 Å². The van der Waals surface area contributed by atoms with Gasteiger partial charge in [-0.3, -0.25) is 18.6 Å². The zero-order chi connectivity index (χ0) is 34.3. The number of amides is 1. The van der Waals surface area contributed by atoms with Crippen molar-refractivity contribution >= 4 is 25.7 Å². The number of carbonyl (C=O) groups is 3. The molecular weight excluding hydrogens is 613 g/mol. The van der Waals surface area contributed by atoms with Gasteiger partial charge in [0.15, 0.2) is 6.04 Å². The Kier molecular flexibility index (Phi) is 27.8. The number of hydrogen-bond acceptors (Lipinski definition) is 8. The molecule has 0 aliphatic heterocycles. The van der Waals surface area contributed by atoms with Gasteiger partial charge in [-0.2, -0.15) is 0 Å². The zero-order valence-electron chi connectivity index (χ0n) is 27.6. The minimum atomic E-state index is -4.72. The fraction of sp³-hybridized carbons (Fsp3) is 0.618. The van der Waals surface area contributed by atoms with E-state index in [1.165, 1.54) is 0 Å². The van der Waals surface area contributed by atoms with Crippen LogP contribution in [0.2, 0.25) is 0 Å². The van der Waals surface area contributed by atoms with Crippen LogP contribution in [0.4, 0.5) is 0 Å². The first kappa shape index (κ1) is 43.2. The van der Waals surface area contributed by atoms with E-state index >= 15 is 0 Å². The summed E-state index contributed by atoms with van der Waals surface area (Å²) in [5, 5.41) is 21.1. The number of nitrogens with one attached hydrogen (secondary N) is 1. The minimum Gasteiger partial charge on any atom is -0.480 e. The predicted molar refractivity (Wildman–Crippen MR) is 180 cm³/mol. The van der Waals surface area contributed by atoms with Crippen LogP contribution in [0.1, 0.15) is 104 Å². The minimum absolute atomic E-state index is 0.128. The number of aliphatic hydroxyl groups excluding tert-OH is 1. The van der Waals surface area contributed by atoms with E-state index in [0.29, 0.717) is 6.42 Å². The van der Waals surface area contributed by atoms with Crippen molar-refractivity contribution < 1.29 is 47.8 Å². The number of aliphatic carboxylic acids is 1. The standard InChI is InChI=1S/C34H56NO10P/c1-3-4-5-6-7-8-9-10-11-12-13-14-15-16-17-18-19-20-21-22-23-24-25-26-33(38)35-32(34(39)40)29-45-46(41,42)44-28-31(37)27-43-30(2)36/h4-5,7-8,10-11,13-14,16-17,31-32,37H,3,6,9,12,15,18-29H2,1-2H3,(H,35,38)(H,39,40)(H,41,42)/b5-4-,8-7-,11-10-,14-13-,17-16-. The van der Waals surface area contributed by atoms with E-state index in [-0.39, 0.29) is 6.42 Å². The number of esters is 1. The van der Waals surface area contributed by atoms with Crippen LogP contribution in [0.25, 0.3) is 0 Å². The number of ether oxygens (including phenoxy) is 1. The Morgan fingerprint density at radius 3 is 1.72 bits per heavy atom. The monoisotopic (exact) mass is 669 g/mol. The number of rotatable bonds is 29. The average Bonchev–Trinajstić information content (AvgIpc) is 3.01. The molecule has 262 valence electrons. The second-order valence-electron chi connectivity index (χ2n) is 10.7. The van der Waals surface area contributed by atoms with Crippen molar-refractivity contribution in [1.82, 2.24) is 5.32 Å². The highest BCUT2D eigenvalue weighted by molar-refractivity contribution is 7.47. The van der Waals surface area contributed by atoms with Gasteiger partial charge in [0.25, 0.3) is 0 Å². The summed E-state index contributed by atoms with van der Waals surface area (Å²) >= 11 is 0. The van der Waals surface area contributed by atoms with E-state index in [1.807, 2.05) is 0 Å². The number of phosphoric acid groups is 1. The first-order chi connectivity index (χ1) is 22.1. The van der Waals surface area contributed by atoms with Crippen molar-refractivity contribution in [3.8, 4) is 0 Å². The van der Waals surface area contributed by atoms with Crippen molar-refractivity contribution in [2.45, 2.75) is 116 Å². The Balaban J connectivity index is 3.86. The normalized spacial score (nSPS) is 14.9. The van der Waals surface area contributed by atoms with Gasteiger partial charge in [0.05, 0.1) is 13.2 Å². The molecule has 3 atom stereocenters. The van der Waals surface area contributed by atoms with Crippen molar-refractivity contribution in [2.75, 3.05) is 19.8 Å². The quantitative estimate of drug-likeness (QED) is 0.0285. The number of allylic oxidation sites excluding steroid dienone is 10. The van der Waals surface area contributed by atoms with Crippen molar-refractivity contribution in [3.63, 3.8) is 0 Å². The van der Waals surface area contributed by atoms with Crippen LogP contribution in [0.15, 0.2) is 60.8 Å². The van der Waals surface area contributed by atoms with Crippen LogP contribution < -0.4 is 5.32 Å². The molecule has 0 aromatic rings. The summed E-state index contributed by atoms with van der Waals surface area (Å²) in [5.41, 5.74) is 0. The first-order valence-corrected chi connectivity index (χ1v) is 17.8. The Labute approximate surface area is 275 Å². The fourth-order valence-electron chi connectivity index (χ4n) is 3.89. The molecular formula is C34H56NO10P. The van der Waals surface area contributed by atoms with Crippen LogP contribution in [-0.4, -0.2) is 64.9 Å². The van der Waals surface area contributed by atoms with E-state index in [2.05, 4.69) is 86.8 Å². The molecule has 0 heterocycles. The first-order valence-electron chi connectivity index (χ1n) is 16.3. The Hall–Kier alpha value is -2.82. The third-order valence-corrected chi connectivity index (χ3v) is 7.33. The Morgan fingerprint density at radius 2 is 1.20 bits per heavy atom. The van der Waals surface area contributed by atoms with E-state index in [9.17, 15) is 34.1 Å². The van der Waals surface area contributed by atoms with Gasteiger partial charge in [-0.15, -0.1) is 0 Å². The second-order valence-corrected chi connectivity index (χ2v) is 12.1. The number of unbranched alkanes of at least 4 members (excludes halogenated alkanes) is 7. The molecule has 0 bridgehead atoms. The lowest BCUT2D eigenvalue weighted by Gasteiger charge is -2.18. The maximum absolute atomic E-state index is 12.2. The summed E-state index contributed by atoms with van der Waals surface area (Å²) in [5.74, 6) is -2.59. The summed E-state index contributed by atoms with van der Waals surface area (Å²) in [4.78, 5) is 44.0. The van der Waals surface area contributed by atoms with Crippen LogP contribution in [-0.2, 0) is 32.7 Å². The molecule has 3 unspecified atom stereocenters. The van der Waals surface area contributed by atoms with Gasteiger partial charge in [0.2, 0.25) is 5.91 Å². The molecule has 12 heteroatoms. The fourth-order valence-corrected chi connectivity index (χ4v) is 4.66. The third kappa shape index (κ3) is 29.9. The zero-order valence-corrected chi connectivity index (χ0v) is 28.5. The highest BCUT2D eigenvalue weighted by Crippen LogP contribution is 2.43. The molecule has 11 nitrogen and oxygen atoms in total. The molecule has 4 N–H and O–H groups in total. The van der Waals surface area contributed by atoms with Gasteiger partial charge >= 0.3 is 19.8 Å². The summed E-state index contributed by atoms with van der Waals surface area (Å²) in [6.07, 6.45) is 33.7. The number of aliphatic hydroxyl groups is 1. The number of phosphoric ester groups is 1. The molecule has 0 spiro atoms. The molecule has 0 fully saturated rings. The maximum atomic E-state index is 12.2. The maximum Gasteiger partial charge on any atom is 0.472 e.